The lowest BCUT2D eigenvalue weighted by molar-refractivity contribution is -0.310. The number of nitrogens with zero attached hydrogens (tertiary/aromatic N) is 1. The predicted octanol–water partition coefficient (Wildman–Crippen LogP) is -0.205. The third kappa shape index (κ3) is 3.13. The first kappa shape index (κ1) is 15.3. The van der Waals surface area contributed by atoms with Crippen LogP contribution in [0.2, 0.25) is 0 Å². The minimum absolute atomic E-state index is 0.113. The maximum Gasteiger partial charge on any atom is 0.408 e. The number of hydrogen-bond acceptors (Lipinski definition) is 5. The van der Waals surface area contributed by atoms with Gasteiger partial charge in [-0.1, -0.05) is 30.3 Å². The molecule has 2 saturated heterocycles. The number of amides is 2. The molecule has 0 bridgehead atoms. The number of nitrogens with one attached hydrogen (secondary N) is 1. The summed E-state index contributed by atoms with van der Waals surface area (Å²) in [6, 6.07) is 7.43. The third-order valence-corrected chi connectivity index (χ3v) is 4.34. The molecule has 7 heteroatoms. The molecule has 3 rings (SSSR count). The van der Waals surface area contributed by atoms with E-state index in [9.17, 15) is 19.5 Å². The van der Waals surface area contributed by atoms with E-state index in [2.05, 4.69) is 5.32 Å². The number of carbonyl (C=O) groups is 3. The van der Waals surface area contributed by atoms with Gasteiger partial charge in [0.15, 0.2) is 0 Å². The predicted molar refractivity (Wildman–Crippen MR) is 76.8 cm³/mol. The number of hydrogen-bond donors (Lipinski definition) is 1. The summed E-state index contributed by atoms with van der Waals surface area (Å²) in [6.45, 7) is 0.113. The van der Waals surface area contributed by atoms with Crippen molar-refractivity contribution in [3.63, 3.8) is 0 Å². The minimum Gasteiger partial charge on any atom is -0.548 e. The van der Waals surface area contributed by atoms with Crippen LogP contribution >= 0.6 is 0 Å². The van der Waals surface area contributed by atoms with E-state index < -0.39 is 24.1 Å². The molecule has 23 heavy (non-hydrogen) atoms. The van der Waals surface area contributed by atoms with Crippen LogP contribution in [0.15, 0.2) is 30.3 Å². The van der Waals surface area contributed by atoms with Crippen molar-refractivity contribution in [3.05, 3.63) is 35.9 Å². The van der Waals surface area contributed by atoms with Gasteiger partial charge in [-0.3, -0.25) is 4.79 Å². The molecule has 2 amide bonds. The van der Waals surface area contributed by atoms with E-state index in [4.69, 9.17) is 4.74 Å². The van der Waals surface area contributed by atoms with Gasteiger partial charge in [0, 0.05) is 6.04 Å². The molecule has 0 aliphatic carbocycles. The number of carboxylic acid groups (broad SMARTS) is 1. The Bertz CT molecular complexity index is 618. The van der Waals surface area contributed by atoms with Crippen LogP contribution in [0.1, 0.15) is 24.8 Å². The van der Waals surface area contributed by atoms with E-state index in [0.717, 1.165) is 5.56 Å². The molecule has 2 aliphatic rings. The largest absolute Gasteiger partial charge is 0.548 e. The molecule has 122 valence electrons. The fourth-order valence-electron chi connectivity index (χ4n) is 3.26. The van der Waals surface area contributed by atoms with E-state index in [1.807, 2.05) is 30.3 Å². The highest BCUT2D eigenvalue weighted by Crippen LogP contribution is 2.33. The molecular formula is C16H17N2O5-. The minimum atomic E-state index is -1.24. The molecule has 0 spiro atoms. The quantitative estimate of drug-likeness (QED) is 0.829. The lowest BCUT2D eigenvalue weighted by atomic mass is 10.1. The number of fused-ring (bicyclic) bond motifs is 1. The summed E-state index contributed by atoms with van der Waals surface area (Å²) < 4.78 is 5.09. The number of aliphatic carboxylic acids is 1. The van der Waals surface area contributed by atoms with Crippen molar-refractivity contribution >= 4 is 18.0 Å². The van der Waals surface area contributed by atoms with Crippen LogP contribution in [0, 0.1) is 0 Å². The first-order valence-electron chi connectivity index (χ1n) is 7.56. The molecule has 1 aromatic rings. The molecule has 7 nitrogen and oxygen atoms in total. The second-order valence-corrected chi connectivity index (χ2v) is 5.81. The summed E-state index contributed by atoms with van der Waals surface area (Å²) in [5, 5.41) is 13.6. The van der Waals surface area contributed by atoms with Crippen molar-refractivity contribution in [1.82, 2.24) is 10.2 Å². The van der Waals surface area contributed by atoms with Gasteiger partial charge in [-0.25, -0.2) is 4.79 Å². The number of alkyl carbamates (subject to hydrolysis) is 1. The maximum absolute atomic E-state index is 12.3. The molecule has 0 aromatic heterocycles. The van der Waals surface area contributed by atoms with Gasteiger partial charge >= 0.3 is 6.09 Å². The number of benzene rings is 1. The van der Waals surface area contributed by atoms with Crippen molar-refractivity contribution in [3.8, 4) is 0 Å². The van der Waals surface area contributed by atoms with Crippen molar-refractivity contribution in [2.75, 3.05) is 0 Å². The zero-order valence-electron chi connectivity index (χ0n) is 12.4. The van der Waals surface area contributed by atoms with E-state index in [1.54, 1.807) is 0 Å². The maximum atomic E-state index is 12.3. The molecular weight excluding hydrogens is 300 g/mol. The Labute approximate surface area is 133 Å². The summed E-state index contributed by atoms with van der Waals surface area (Å²) in [5.74, 6) is -1.62. The number of carboxylic acids is 1. The zero-order valence-corrected chi connectivity index (χ0v) is 12.4. The Morgan fingerprint density at radius 1 is 1.26 bits per heavy atom. The van der Waals surface area contributed by atoms with Crippen molar-refractivity contribution < 1.29 is 24.2 Å². The molecule has 3 unspecified atom stereocenters. The Kier molecular flexibility index (Phi) is 4.18. The highest BCUT2D eigenvalue weighted by Gasteiger charge is 2.47. The van der Waals surface area contributed by atoms with Crippen molar-refractivity contribution in [2.24, 2.45) is 0 Å². The molecule has 0 radical (unpaired) electrons. The number of ether oxygens (including phenoxy) is 1. The highest BCUT2D eigenvalue weighted by molar-refractivity contribution is 5.91. The molecule has 0 saturated carbocycles. The Balaban J connectivity index is 1.54. The van der Waals surface area contributed by atoms with Crippen LogP contribution < -0.4 is 10.4 Å². The van der Waals surface area contributed by atoms with Gasteiger partial charge in [0.1, 0.15) is 12.6 Å². The average molecular weight is 317 g/mol. The van der Waals surface area contributed by atoms with E-state index in [1.165, 1.54) is 4.90 Å². The first-order chi connectivity index (χ1) is 11.1. The first-order valence-corrected chi connectivity index (χ1v) is 7.56. The van der Waals surface area contributed by atoms with Gasteiger partial charge < -0.3 is 24.9 Å². The van der Waals surface area contributed by atoms with Gasteiger partial charge in [0.2, 0.25) is 5.91 Å². The summed E-state index contributed by atoms with van der Waals surface area (Å²) >= 11 is 0. The monoisotopic (exact) mass is 317 g/mol. The van der Waals surface area contributed by atoms with Gasteiger partial charge in [-0.2, -0.15) is 0 Å². The summed E-state index contributed by atoms with van der Waals surface area (Å²) in [7, 11) is 0. The van der Waals surface area contributed by atoms with Gasteiger partial charge in [0.05, 0.1) is 12.0 Å². The smallest absolute Gasteiger partial charge is 0.408 e. The van der Waals surface area contributed by atoms with Gasteiger partial charge in [0.25, 0.3) is 0 Å². The highest BCUT2D eigenvalue weighted by atomic mass is 16.5. The molecule has 1 aromatic carbocycles. The summed E-state index contributed by atoms with van der Waals surface area (Å²) in [4.78, 5) is 36.5. The zero-order chi connectivity index (χ0) is 16.4. The van der Waals surface area contributed by atoms with Gasteiger partial charge in [-0.05, 0) is 24.8 Å². The van der Waals surface area contributed by atoms with Crippen LogP contribution in [0.3, 0.4) is 0 Å². The second-order valence-electron chi connectivity index (χ2n) is 5.81. The number of rotatable bonds is 4. The van der Waals surface area contributed by atoms with Crippen LogP contribution in [0.5, 0.6) is 0 Å². The lowest BCUT2D eigenvalue weighted by Crippen LogP contribution is -2.50. The van der Waals surface area contributed by atoms with Crippen LogP contribution in [-0.2, 0) is 20.9 Å². The van der Waals surface area contributed by atoms with Gasteiger partial charge in [-0.15, -0.1) is 0 Å². The fourth-order valence-corrected chi connectivity index (χ4v) is 3.26. The molecule has 2 heterocycles. The SMILES string of the molecule is O=C(NC1CC2CCC(C(=O)[O-])N2C1=O)OCc1ccccc1. The Hall–Kier alpha value is -2.57. The Morgan fingerprint density at radius 3 is 2.70 bits per heavy atom. The fraction of sp³-hybridized carbons (Fsp3) is 0.438. The third-order valence-electron chi connectivity index (χ3n) is 4.34. The molecule has 2 aliphatic heterocycles. The summed E-state index contributed by atoms with van der Waals surface area (Å²) in [6.07, 6.45) is 0.743. The standard InChI is InChI=1S/C16H18N2O5/c19-14-12(8-11-6-7-13(15(20)21)18(11)14)17-16(22)23-9-10-4-2-1-3-5-10/h1-5,11-13H,6-9H2,(H,17,22)(H,20,21)/p-1. The van der Waals surface area contributed by atoms with E-state index >= 15 is 0 Å². The van der Waals surface area contributed by atoms with Crippen LogP contribution in [0.4, 0.5) is 4.79 Å². The molecule has 3 atom stereocenters. The molecule has 1 N–H and O–H groups in total. The molecule has 2 fully saturated rings. The average Bonchev–Trinajstić information content (AvgIpc) is 3.08. The van der Waals surface area contributed by atoms with Crippen LogP contribution in [0.25, 0.3) is 0 Å². The normalized spacial score (nSPS) is 26.0. The van der Waals surface area contributed by atoms with Crippen molar-refractivity contribution in [2.45, 2.75) is 44.0 Å². The lowest BCUT2D eigenvalue weighted by Gasteiger charge is -2.25. The van der Waals surface area contributed by atoms with E-state index in [0.29, 0.717) is 19.3 Å². The van der Waals surface area contributed by atoms with E-state index in [-0.39, 0.29) is 18.6 Å². The topological polar surface area (TPSA) is 98.8 Å². The summed E-state index contributed by atoms with van der Waals surface area (Å²) in [5.41, 5.74) is 0.845. The van der Waals surface area contributed by atoms with Crippen LogP contribution in [-0.4, -0.2) is 41.0 Å². The number of carbonyl (C=O) groups excluding carboxylic acids is 3. The second kappa shape index (κ2) is 6.28. The Morgan fingerprint density at radius 2 is 2.00 bits per heavy atom. The van der Waals surface area contributed by atoms with Crippen molar-refractivity contribution in [1.29, 1.82) is 0 Å².